The van der Waals surface area contributed by atoms with Gasteiger partial charge in [0, 0.05) is 50.4 Å². The van der Waals surface area contributed by atoms with E-state index in [1.165, 1.54) is 12.0 Å². The molecule has 1 aliphatic carbocycles. The number of anilines is 1. The van der Waals surface area contributed by atoms with Crippen LogP contribution in [0.5, 0.6) is 0 Å². The summed E-state index contributed by atoms with van der Waals surface area (Å²) in [5.74, 6) is 1.52. The van der Waals surface area contributed by atoms with Crippen LogP contribution in [0.25, 0.3) is 0 Å². The van der Waals surface area contributed by atoms with Crippen molar-refractivity contribution >= 4 is 11.6 Å². The topological polar surface area (TPSA) is 81.2 Å². The van der Waals surface area contributed by atoms with Crippen LogP contribution >= 0.6 is 0 Å². The quantitative estimate of drug-likeness (QED) is 0.852. The maximum absolute atomic E-state index is 12.8. The number of aromatic nitrogens is 4. The first-order chi connectivity index (χ1) is 13.8. The largest absolute Gasteiger partial charge is 0.311 e. The summed E-state index contributed by atoms with van der Waals surface area (Å²) in [6.07, 6.45) is 4.42. The Balaban J connectivity index is 1.12. The Morgan fingerprint density at radius 3 is 2.79 bits per heavy atom. The lowest BCUT2D eigenvalue weighted by Crippen LogP contribution is -2.52. The van der Waals surface area contributed by atoms with Crippen molar-refractivity contribution in [2.45, 2.75) is 37.6 Å². The van der Waals surface area contributed by atoms with E-state index in [2.05, 4.69) is 48.6 Å². The van der Waals surface area contributed by atoms with Gasteiger partial charge < -0.3 is 4.90 Å². The highest BCUT2D eigenvalue weighted by molar-refractivity contribution is 5.96. The first kappa shape index (κ1) is 17.8. The Bertz CT molecular complexity index is 816. The third kappa shape index (κ3) is 3.42. The normalized spacial score (nSPS) is 25.9. The van der Waals surface area contributed by atoms with Crippen LogP contribution in [0.1, 0.15) is 36.6 Å². The molecule has 2 unspecified atom stereocenters. The number of H-pyrrole nitrogens is 1. The van der Waals surface area contributed by atoms with Crippen LogP contribution in [0.15, 0.2) is 24.3 Å². The van der Waals surface area contributed by atoms with Crippen LogP contribution in [0.3, 0.4) is 0 Å². The van der Waals surface area contributed by atoms with Gasteiger partial charge in [-0.15, -0.1) is 10.2 Å². The van der Waals surface area contributed by atoms with E-state index in [4.69, 9.17) is 0 Å². The number of amides is 1. The summed E-state index contributed by atoms with van der Waals surface area (Å²) in [5.41, 5.74) is 2.39. The first-order valence-electron chi connectivity index (χ1n) is 10.4. The lowest BCUT2D eigenvalue weighted by atomic mass is 10.1. The molecule has 1 N–H and O–H groups in total. The van der Waals surface area contributed by atoms with Crippen LogP contribution in [0, 0.1) is 0 Å². The number of rotatable bonds is 4. The van der Waals surface area contributed by atoms with E-state index in [0.717, 1.165) is 63.5 Å². The third-order valence-corrected chi connectivity index (χ3v) is 6.60. The number of hydrogen-bond donors (Lipinski definition) is 1. The van der Waals surface area contributed by atoms with Crippen molar-refractivity contribution in [3.8, 4) is 0 Å². The standard InChI is InChI=1S/C20H27N7O/c28-19(27-8-7-15-3-1-2-4-18(15)27)14-25-9-11-26(12-10-25)17-6-5-16(13-17)20-21-23-24-22-20/h1-4,16-17H,5-14H2,(H,21,22,23,24). The molecule has 1 saturated heterocycles. The van der Waals surface area contributed by atoms with Crippen molar-refractivity contribution in [3.63, 3.8) is 0 Å². The molecular formula is C20H27N7O. The zero-order valence-corrected chi connectivity index (χ0v) is 16.1. The third-order valence-electron chi connectivity index (χ3n) is 6.60. The molecule has 2 atom stereocenters. The van der Waals surface area contributed by atoms with E-state index in [0.29, 0.717) is 18.5 Å². The molecule has 1 amide bonds. The molecule has 3 heterocycles. The SMILES string of the molecule is O=C(CN1CCN(C2CCC(c3nn[nH]n3)C2)CC1)N1CCc2ccccc21. The van der Waals surface area contributed by atoms with Gasteiger partial charge in [-0.3, -0.25) is 14.6 Å². The molecule has 0 spiro atoms. The Labute approximate surface area is 164 Å². The van der Waals surface area contributed by atoms with E-state index in [1.54, 1.807) is 0 Å². The van der Waals surface area contributed by atoms with Gasteiger partial charge in [0.1, 0.15) is 0 Å². The van der Waals surface area contributed by atoms with Gasteiger partial charge in [0.15, 0.2) is 5.82 Å². The number of hydrogen-bond acceptors (Lipinski definition) is 6. The first-order valence-corrected chi connectivity index (χ1v) is 10.4. The Kier molecular flexibility index (Phi) is 4.82. The number of nitrogens with one attached hydrogen (secondary N) is 1. The predicted molar refractivity (Wildman–Crippen MR) is 105 cm³/mol. The Morgan fingerprint density at radius 1 is 1.11 bits per heavy atom. The van der Waals surface area contributed by atoms with E-state index < -0.39 is 0 Å². The highest BCUT2D eigenvalue weighted by Gasteiger charge is 2.34. The van der Waals surface area contributed by atoms with Crippen molar-refractivity contribution in [2.24, 2.45) is 0 Å². The fourth-order valence-corrected chi connectivity index (χ4v) is 5.03. The summed E-state index contributed by atoms with van der Waals surface area (Å²) in [4.78, 5) is 19.7. The van der Waals surface area contributed by atoms with Gasteiger partial charge in [0.25, 0.3) is 0 Å². The number of carbonyl (C=O) groups excluding carboxylic acids is 1. The maximum Gasteiger partial charge on any atom is 0.241 e. The number of tetrazole rings is 1. The molecular weight excluding hydrogens is 354 g/mol. The van der Waals surface area contributed by atoms with Crippen molar-refractivity contribution < 1.29 is 4.79 Å². The van der Waals surface area contributed by atoms with Crippen LogP contribution in [-0.2, 0) is 11.2 Å². The molecule has 2 fully saturated rings. The number of piperazine rings is 1. The number of benzene rings is 1. The van der Waals surface area contributed by atoms with Crippen LogP contribution < -0.4 is 4.90 Å². The van der Waals surface area contributed by atoms with Gasteiger partial charge >= 0.3 is 0 Å². The van der Waals surface area contributed by atoms with Crippen molar-refractivity contribution in [1.29, 1.82) is 0 Å². The summed E-state index contributed by atoms with van der Waals surface area (Å²) in [7, 11) is 0. The molecule has 5 rings (SSSR count). The molecule has 2 aromatic rings. The van der Waals surface area contributed by atoms with E-state index in [-0.39, 0.29) is 5.91 Å². The fourth-order valence-electron chi connectivity index (χ4n) is 5.03. The lowest BCUT2D eigenvalue weighted by molar-refractivity contribution is -0.120. The highest BCUT2D eigenvalue weighted by Crippen LogP contribution is 2.35. The summed E-state index contributed by atoms with van der Waals surface area (Å²) >= 11 is 0. The molecule has 3 aliphatic rings. The average Bonchev–Trinajstić information content (AvgIpc) is 3.48. The van der Waals surface area contributed by atoms with Crippen molar-refractivity contribution in [2.75, 3.05) is 44.2 Å². The molecule has 0 radical (unpaired) electrons. The smallest absolute Gasteiger partial charge is 0.241 e. The highest BCUT2D eigenvalue weighted by atomic mass is 16.2. The minimum absolute atomic E-state index is 0.233. The fraction of sp³-hybridized carbons (Fsp3) is 0.600. The minimum atomic E-state index is 0.233. The summed E-state index contributed by atoms with van der Waals surface area (Å²) in [6, 6.07) is 8.88. The van der Waals surface area contributed by atoms with Crippen LogP contribution in [0.4, 0.5) is 5.69 Å². The van der Waals surface area contributed by atoms with Gasteiger partial charge in [0.2, 0.25) is 5.91 Å². The number of aromatic amines is 1. The summed E-state index contributed by atoms with van der Waals surface area (Å²) < 4.78 is 0. The van der Waals surface area contributed by atoms with E-state index in [9.17, 15) is 4.79 Å². The molecule has 8 heteroatoms. The molecule has 1 saturated carbocycles. The lowest BCUT2D eigenvalue weighted by Gasteiger charge is -2.38. The van der Waals surface area contributed by atoms with E-state index >= 15 is 0 Å². The molecule has 0 bridgehead atoms. The summed E-state index contributed by atoms with van der Waals surface area (Å²) in [6.45, 7) is 5.34. The minimum Gasteiger partial charge on any atom is -0.311 e. The predicted octanol–water partition coefficient (Wildman–Crippen LogP) is 1.04. The molecule has 1 aromatic carbocycles. The van der Waals surface area contributed by atoms with Gasteiger partial charge in [-0.1, -0.05) is 23.4 Å². The second-order valence-corrected chi connectivity index (χ2v) is 8.17. The van der Waals surface area contributed by atoms with Crippen molar-refractivity contribution in [3.05, 3.63) is 35.7 Å². The van der Waals surface area contributed by atoms with Gasteiger partial charge in [-0.25, -0.2) is 0 Å². The van der Waals surface area contributed by atoms with E-state index in [1.807, 2.05) is 11.0 Å². The zero-order chi connectivity index (χ0) is 18.9. The molecule has 1 aromatic heterocycles. The molecule has 28 heavy (non-hydrogen) atoms. The Hall–Kier alpha value is -2.32. The van der Waals surface area contributed by atoms with Gasteiger partial charge in [-0.05, 0) is 37.3 Å². The molecule has 148 valence electrons. The number of carbonyl (C=O) groups is 1. The number of nitrogens with zero attached hydrogens (tertiary/aromatic N) is 6. The number of fused-ring (bicyclic) bond motifs is 1. The van der Waals surface area contributed by atoms with Gasteiger partial charge in [0.05, 0.1) is 6.54 Å². The second-order valence-electron chi connectivity index (χ2n) is 8.17. The van der Waals surface area contributed by atoms with Crippen LogP contribution in [0.2, 0.25) is 0 Å². The summed E-state index contributed by atoms with van der Waals surface area (Å²) in [5, 5.41) is 14.6. The molecule has 8 nitrogen and oxygen atoms in total. The maximum atomic E-state index is 12.8. The molecule has 2 aliphatic heterocycles. The average molecular weight is 381 g/mol. The second kappa shape index (κ2) is 7.60. The van der Waals surface area contributed by atoms with Crippen LogP contribution in [-0.4, -0.2) is 81.6 Å². The van der Waals surface area contributed by atoms with Gasteiger partial charge in [-0.2, -0.15) is 5.21 Å². The van der Waals surface area contributed by atoms with Crippen molar-refractivity contribution in [1.82, 2.24) is 30.4 Å². The monoisotopic (exact) mass is 381 g/mol. The Morgan fingerprint density at radius 2 is 1.96 bits per heavy atom. The zero-order valence-electron chi connectivity index (χ0n) is 16.1. The number of para-hydroxylation sites is 1.